The molecule has 0 unspecified atom stereocenters. The number of hydrogen-bond acceptors (Lipinski definition) is 9. The summed E-state index contributed by atoms with van der Waals surface area (Å²) in [6, 6.07) is 17.2. The molecule has 0 spiro atoms. The van der Waals surface area contributed by atoms with Crippen LogP contribution in [0.5, 0.6) is 6.01 Å². The molecule has 9 nitrogen and oxygen atoms in total. The largest absolute Gasteiger partial charge is 0.462 e. The Morgan fingerprint density at radius 2 is 1.84 bits per heavy atom. The molecule has 0 amide bonds. The van der Waals surface area contributed by atoms with E-state index >= 15 is 0 Å². The van der Waals surface area contributed by atoms with Crippen LogP contribution in [0.2, 0.25) is 0 Å². The minimum Gasteiger partial charge on any atom is -0.462 e. The van der Waals surface area contributed by atoms with Crippen molar-refractivity contribution in [1.82, 2.24) is 14.9 Å². The van der Waals surface area contributed by atoms with Gasteiger partial charge < -0.3 is 24.5 Å². The summed E-state index contributed by atoms with van der Waals surface area (Å²) in [6.45, 7) is 7.44. The van der Waals surface area contributed by atoms with Crippen LogP contribution in [0.3, 0.4) is 0 Å². The predicted molar refractivity (Wildman–Crippen MR) is 171 cm³/mol. The van der Waals surface area contributed by atoms with Crippen molar-refractivity contribution in [3.8, 4) is 6.01 Å². The standard InChI is InChI=1S/C34H43N7O2/c1-24-6-3-7-25-8-4-10-30(31(24)25)41-19-13-28-29(20-41)37-33(43-21-27-9-5-16-39(27)2)38-32(28)40-17-11-26(12-18-40)35-23-36-34(22-42)14-15-34/h3-4,6-8,10,26-27,42H,5,9,11-22H2,1-2H3/t27-/m0/s1. The zero-order chi connectivity index (χ0) is 29.4. The molecule has 3 aromatic rings. The average molecular weight is 582 g/mol. The maximum absolute atomic E-state index is 9.52. The molecule has 3 fully saturated rings. The van der Waals surface area contributed by atoms with Gasteiger partial charge in [-0.15, -0.1) is 0 Å². The molecule has 1 aromatic heterocycles. The van der Waals surface area contributed by atoms with Crippen molar-refractivity contribution >= 4 is 28.3 Å². The van der Waals surface area contributed by atoms with Gasteiger partial charge >= 0.3 is 6.01 Å². The Kier molecular flexibility index (Phi) is 7.80. The minimum atomic E-state index is -0.299. The molecule has 2 saturated heterocycles. The van der Waals surface area contributed by atoms with Gasteiger partial charge in [-0.1, -0.05) is 30.3 Å². The van der Waals surface area contributed by atoms with Crippen LogP contribution in [0.15, 0.2) is 46.4 Å². The van der Waals surface area contributed by atoms with Crippen molar-refractivity contribution in [1.29, 1.82) is 0 Å². The zero-order valence-corrected chi connectivity index (χ0v) is 25.5. The lowest BCUT2D eigenvalue weighted by molar-refractivity contribution is 0.187. The summed E-state index contributed by atoms with van der Waals surface area (Å²) in [5.41, 5.74) is 4.59. The molecule has 1 aliphatic carbocycles. The second-order valence-corrected chi connectivity index (χ2v) is 12.9. The van der Waals surface area contributed by atoms with Gasteiger partial charge in [0.05, 0.1) is 36.4 Å². The van der Waals surface area contributed by atoms with E-state index in [1.54, 1.807) is 0 Å². The van der Waals surface area contributed by atoms with Crippen LogP contribution in [-0.4, -0.2) is 90.0 Å². The van der Waals surface area contributed by atoms with Gasteiger partial charge in [-0.3, -0.25) is 0 Å². The Morgan fingerprint density at radius 3 is 2.58 bits per heavy atom. The van der Waals surface area contributed by atoms with Gasteiger partial charge in [-0.25, -0.2) is 9.98 Å². The van der Waals surface area contributed by atoms with Crippen LogP contribution in [0.4, 0.5) is 11.5 Å². The fourth-order valence-corrected chi connectivity index (χ4v) is 6.92. The first-order valence-corrected chi connectivity index (χ1v) is 16.0. The molecule has 4 heterocycles. The highest BCUT2D eigenvalue weighted by Gasteiger charge is 2.42. The highest BCUT2D eigenvalue weighted by atomic mass is 16.5. The summed E-state index contributed by atoms with van der Waals surface area (Å²) in [5.74, 6) is 1.03. The summed E-state index contributed by atoms with van der Waals surface area (Å²) in [7, 11) is 2.18. The molecule has 0 bridgehead atoms. The Hall–Kier alpha value is -3.52. The summed E-state index contributed by atoms with van der Waals surface area (Å²) in [4.78, 5) is 26.4. The number of ether oxygens (including phenoxy) is 1. The zero-order valence-electron chi connectivity index (χ0n) is 25.5. The number of piperidine rings is 1. The van der Waals surface area contributed by atoms with E-state index in [4.69, 9.17) is 14.7 Å². The van der Waals surface area contributed by atoms with E-state index in [0.717, 1.165) is 82.8 Å². The highest BCUT2D eigenvalue weighted by molar-refractivity contribution is 5.97. The van der Waals surface area contributed by atoms with E-state index in [2.05, 4.69) is 81.1 Å². The lowest BCUT2D eigenvalue weighted by Gasteiger charge is -2.36. The van der Waals surface area contributed by atoms with E-state index in [0.29, 0.717) is 18.7 Å². The fraction of sp³-hybridized carbons (Fsp3) is 0.559. The number of aliphatic hydroxyl groups is 1. The van der Waals surface area contributed by atoms with Crippen LogP contribution in [0.25, 0.3) is 10.8 Å². The number of nitrogens with zero attached hydrogens (tertiary/aromatic N) is 7. The lowest BCUT2D eigenvalue weighted by atomic mass is 9.99. The Labute approximate surface area is 254 Å². The number of aliphatic imine (C=N–C) groups is 2. The molecule has 43 heavy (non-hydrogen) atoms. The number of rotatable bonds is 8. The molecular weight excluding hydrogens is 538 g/mol. The lowest BCUT2D eigenvalue weighted by Crippen LogP contribution is -2.39. The Bertz CT molecular complexity index is 1530. The number of likely N-dealkylation sites (N-methyl/N-ethyl adjacent to an activating group) is 1. The van der Waals surface area contributed by atoms with E-state index in [9.17, 15) is 5.11 Å². The first kappa shape index (κ1) is 28.3. The van der Waals surface area contributed by atoms with Gasteiger partial charge in [-0.05, 0) is 82.5 Å². The second kappa shape index (κ2) is 11.9. The number of anilines is 2. The van der Waals surface area contributed by atoms with E-state index in [1.165, 1.54) is 34.0 Å². The molecule has 7 rings (SSSR count). The molecule has 1 saturated carbocycles. The quantitative estimate of drug-likeness (QED) is 0.388. The summed E-state index contributed by atoms with van der Waals surface area (Å²) < 4.78 is 6.34. The third-order valence-electron chi connectivity index (χ3n) is 9.94. The van der Waals surface area contributed by atoms with Crippen molar-refractivity contribution < 1.29 is 9.84 Å². The fourth-order valence-electron chi connectivity index (χ4n) is 6.92. The summed E-state index contributed by atoms with van der Waals surface area (Å²) in [5, 5.41) is 12.1. The van der Waals surface area contributed by atoms with Crippen molar-refractivity contribution in [2.24, 2.45) is 9.98 Å². The van der Waals surface area contributed by atoms with Crippen molar-refractivity contribution in [2.75, 3.05) is 56.2 Å². The molecular formula is C34H43N7O2. The monoisotopic (exact) mass is 581 g/mol. The normalized spacial score (nSPS) is 21.9. The van der Waals surface area contributed by atoms with E-state index in [-0.39, 0.29) is 18.2 Å². The van der Waals surface area contributed by atoms with Crippen LogP contribution in [0.1, 0.15) is 55.3 Å². The number of benzene rings is 2. The number of fused-ring (bicyclic) bond motifs is 2. The molecule has 1 N–H and O–H groups in total. The first-order chi connectivity index (χ1) is 21.0. The van der Waals surface area contributed by atoms with Crippen LogP contribution < -0.4 is 14.5 Å². The van der Waals surface area contributed by atoms with Gasteiger partial charge in [0.1, 0.15) is 12.4 Å². The number of likely N-dealkylation sites (tertiary alicyclic amines) is 1. The van der Waals surface area contributed by atoms with Gasteiger partial charge in [0.15, 0.2) is 0 Å². The highest BCUT2D eigenvalue weighted by Crippen LogP contribution is 2.39. The van der Waals surface area contributed by atoms with Crippen LogP contribution in [-0.2, 0) is 13.0 Å². The average Bonchev–Trinajstić information content (AvgIpc) is 3.70. The van der Waals surface area contributed by atoms with Gasteiger partial charge in [-0.2, -0.15) is 9.97 Å². The topological polar surface area (TPSA) is 89.7 Å². The number of aromatic nitrogens is 2. The van der Waals surface area contributed by atoms with Crippen LogP contribution >= 0.6 is 0 Å². The predicted octanol–water partition coefficient (Wildman–Crippen LogP) is 4.64. The molecule has 9 heteroatoms. The third kappa shape index (κ3) is 5.86. The summed E-state index contributed by atoms with van der Waals surface area (Å²) in [6.07, 6.45) is 6.98. The van der Waals surface area contributed by atoms with Crippen molar-refractivity contribution in [3.05, 3.63) is 53.2 Å². The SMILES string of the molecule is Cc1cccc2cccc(N3CCc4c(nc(OC[C@@H]5CCCN5C)nc4N4CCC(N=C=NC5(CO)CC5)CC4)C3)c12. The number of aryl methyl sites for hydroxylation is 1. The molecule has 0 radical (unpaired) electrons. The minimum absolute atomic E-state index is 0.0890. The Balaban J connectivity index is 1.14. The number of hydrogen-bond donors (Lipinski definition) is 1. The van der Waals surface area contributed by atoms with E-state index < -0.39 is 0 Å². The smallest absolute Gasteiger partial charge is 0.318 e. The molecule has 4 aliphatic rings. The summed E-state index contributed by atoms with van der Waals surface area (Å²) >= 11 is 0. The Morgan fingerprint density at radius 1 is 1.02 bits per heavy atom. The first-order valence-electron chi connectivity index (χ1n) is 16.0. The van der Waals surface area contributed by atoms with Gasteiger partial charge in [0, 0.05) is 42.3 Å². The molecule has 2 aromatic carbocycles. The maximum Gasteiger partial charge on any atom is 0.318 e. The third-order valence-corrected chi connectivity index (χ3v) is 9.94. The second-order valence-electron chi connectivity index (χ2n) is 12.9. The van der Waals surface area contributed by atoms with Crippen molar-refractivity contribution in [2.45, 2.75) is 76.0 Å². The number of aliphatic hydroxyl groups excluding tert-OH is 1. The molecule has 226 valence electrons. The van der Waals surface area contributed by atoms with Gasteiger partial charge in [0.2, 0.25) is 0 Å². The van der Waals surface area contributed by atoms with Crippen LogP contribution in [0, 0.1) is 6.92 Å². The van der Waals surface area contributed by atoms with Gasteiger partial charge in [0.25, 0.3) is 0 Å². The molecule has 1 atom stereocenters. The van der Waals surface area contributed by atoms with E-state index in [1.807, 2.05) is 0 Å². The molecule has 3 aliphatic heterocycles. The maximum atomic E-state index is 9.52. The van der Waals surface area contributed by atoms with Crippen molar-refractivity contribution in [3.63, 3.8) is 0 Å².